The van der Waals surface area contributed by atoms with Gasteiger partial charge in [0, 0.05) is 22.8 Å². The van der Waals surface area contributed by atoms with Crippen molar-refractivity contribution in [1.29, 1.82) is 0 Å². The standard InChI is InChI=1S/C19H12N2O5S/c27-19-12-3-11-5-15-16(23-8-22-15)6-13(11)25-18(12)20-17(21-19)9-1-2-10-7-24-26-14(10)4-9/h1-6,17H,7-8H2,(H,21,27). The number of nitrogens with zero attached hydrogens (tertiary/aromatic N) is 1. The van der Waals surface area contributed by atoms with Crippen LogP contribution in [0.15, 0.2) is 40.9 Å². The number of fused-ring (bicyclic) bond motifs is 4. The fourth-order valence-electron chi connectivity index (χ4n) is 3.38. The predicted molar refractivity (Wildman–Crippen MR) is 98.9 cm³/mol. The Bertz CT molecular complexity index is 1080. The molecule has 0 bridgehead atoms. The molecule has 0 aromatic heterocycles. The summed E-state index contributed by atoms with van der Waals surface area (Å²) in [4.78, 5) is 15.5. The summed E-state index contributed by atoms with van der Waals surface area (Å²) < 4.78 is 16.9. The van der Waals surface area contributed by atoms with E-state index in [1.165, 1.54) is 0 Å². The first-order valence-corrected chi connectivity index (χ1v) is 8.80. The summed E-state index contributed by atoms with van der Waals surface area (Å²) in [6.45, 7) is 0.658. The molecule has 0 fully saturated rings. The summed E-state index contributed by atoms with van der Waals surface area (Å²) in [7, 11) is 0. The van der Waals surface area contributed by atoms with Gasteiger partial charge in [0.05, 0.1) is 5.57 Å². The second-order valence-electron chi connectivity index (χ2n) is 6.43. The summed E-state index contributed by atoms with van der Waals surface area (Å²) in [6.07, 6.45) is 1.58. The summed E-state index contributed by atoms with van der Waals surface area (Å²) in [5, 5.41) is 3.25. The molecule has 134 valence electrons. The Kier molecular flexibility index (Phi) is 3.03. The summed E-state index contributed by atoms with van der Waals surface area (Å²) in [5.41, 5.74) is 3.53. The fourth-order valence-corrected chi connectivity index (χ4v) is 3.64. The van der Waals surface area contributed by atoms with Gasteiger partial charge in [0.25, 0.3) is 0 Å². The molecule has 2 aromatic carbocycles. The van der Waals surface area contributed by atoms with E-state index in [1.807, 2.05) is 36.4 Å². The number of hydrogen-bond acceptors (Lipinski definition) is 7. The quantitative estimate of drug-likeness (QED) is 0.602. The van der Waals surface area contributed by atoms with Crippen molar-refractivity contribution in [3.05, 3.63) is 52.6 Å². The minimum absolute atomic E-state index is 0.210. The number of rotatable bonds is 1. The van der Waals surface area contributed by atoms with Gasteiger partial charge in [-0.15, -0.1) is 0 Å². The molecule has 7 nitrogen and oxygen atoms in total. The smallest absolute Gasteiger partial charge is 0.231 e. The summed E-state index contributed by atoms with van der Waals surface area (Å²) >= 11 is 5.56. The first-order chi connectivity index (χ1) is 13.2. The summed E-state index contributed by atoms with van der Waals surface area (Å²) in [6, 6.07) is 9.54. The van der Waals surface area contributed by atoms with Crippen molar-refractivity contribution in [2.45, 2.75) is 12.8 Å². The first-order valence-electron chi connectivity index (χ1n) is 8.39. The normalized spacial score (nSPS) is 21.0. The number of aliphatic imine (C=N–C) groups is 1. The van der Waals surface area contributed by atoms with Crippen LogP contribution >= 0.6 is 12.2 Å². The highest BCUT2D eigenvalue weighted by atomic mass is 32.1. The number of thiocarbonyl (C=S) groups is 1. The molecular formula is C19H12N2O5S. The zero-order chi connectivity index (χ0) is 18.0. The van der Waals surface area contributed by atoms with Gasteiger partial charge in [-0.3, -0.25) is 0 Å². The van der Waals surface area contributed by atoms with Crippen molar-refractivity contribution in [1.82, 2.24) is 5.32 Å². The molecule has 1 unspecified atom stereocenters. The van der Waals surface area contributed by atoms with E-state index < -0.39 is 0 Å². The maximum Gasteiger partial charge on any atom is 0.231 e. The van der Waals surface area contributed by atoms with E-state index in [9.17, 15) is 0 Å². The lowest BCUT2D eigenvalue weighted by Gasteiger charge is -2.28. The average molecular weight is 380 g/mol. The van der Waals surface area contributed by atoms with Crippen LogP contribution in [0.5, 0.6) is 23.0 Å². The highest BCUT2D eigenvalue weighted by Crippen LogP contribution is 2.42. The van der Waals surface area contributed by atoms with Crippen LogP contribution < -0.4 is 24.4 Å². The van der Waals surface area contributed by atoms with Crippen molar-refractivity contribution in [3.8, 4) is 23.0 Å². The van der Waals surface area contributed by atoms with Crippen LogP contribution in [-0.4, -0.2) is 17.7 Å². The van der Waals surface area contributed by atoms with Gasteiger partial charge < -0.3 is 24.4 Å². The number of nitrogens with one attached hydrogen (secondary N) is 1. The molecule has 0 radical (unpaired) electrons. The first kappa shape index (κ1) is 15.0. The van der Waals surface area contributed by atoms with E-state index in [4.69, 9.17) is 41.2 Å². The Hall–Kier alpha value is -3.10. The largest absolute Gasteiger partial charge is 0.454 e. The molecule has 0 aliphatic carbocycles. The van der Waals surface area contributed by atoms with Crippen LogP contribution in [0, 0.1) is 0 Å². The Morgan fingerprint density at radius 2 is 1.93 bits per heavy atom. The SMILES string of the molecule is S=C1NC(c2ccc3c(c2)OOC3)N=C2Oc3cc4c(cc3C=C12)OCO4. The number of hydrogen-bond donors (Lipinski definition) is 1. The average Bonchev–Trinajstić information content (AvgIpc) is 3.32. The minimum Gasteiger partial charge on any atom is -0.454 e. The molecule has 1 atom stereocenters. The second kappa shape index (κ2) is 5.45. The van der Waals surface area contributed by atoms with Crippen molar-refractivity contribution >= 4 is 29.2 Å². The van der Waals surface area contributed by atoms with Crippen LogP contribution in [0.2, 0.25) is 0 Å². The molecule has 4 aliphatic heterocycles. The number of ether oxygens (including phenoxy) is 3. The number of benzene rings is 2. The Balaban J connectivity index is 1.40. The van der Waals surface area contributed by atoms with Crippen molar-refractivity contribution < 1.29 is 24.0 Å². The molecular weight excluding hydrogens is 368 g/mol. The van der Waals surface area contributed by atoms with E-state index in [1.54, 1.807) is 0 Å². The van der Waals surface area contributed by atoms with Gasteiger partial charge in [0.15, 0.2) is 17.2 Å². The lowest BCUT2D eigenvalue weighted by atomic mass is 10.0. The van der Waals surface area contributed by atoms with E-state index in [0.717, 1.165) is 22.3 Å². The van der Waals surface area contributed by atoms with Crippen molar-refractivity contribution in [3.63, 3.8) is 0 Å². The third kappa shape index (κ3) is 2.30. The van der Waals surface area contributed by atoms with E-state index in [0.29, 0.717) is 40.5 Å². The lowest BCUT2D eigenvalue weighted by Crippen LogP contribution is -2.38. The van der Waals surface area contributed by atoms with Gasteiger partial charge in [-0.05, 0) is 18.2 Å². The molecule has 0 amide bonds. The molecule has 4 heterocycles. The van der Waals surface area contributed by atoms with Gasteiger partial charge >= 0.3 is 0 Å². The maximum absolute atomic E-state index is 6.04. The lowest BCUT2D eigenvalue weighted by molar-refractivity contribution is -0.194. The molecule has 1 N–H and O–H groups in total. The third-order valence-corrected chi connectivity index (χ3v) is 5.11. The molecule has 27 heavy (non-hydrogen) atoms. The topological polar surface area (TPSA) is 70.5 Å². The Labute approximate surface area is 159 Å². The molecule has 4 aliphatic rings. The zero-order valence-corrected chi connectivity index (χ0v) is 14.7. The van der Waals surface area contributed by atoms with Crippen LogP contribution in [0.1, 0.15) is 22.9 Å². The van der Waals surface area contributed by atoms with E-state index in [-0.39, 0.29) is 13.0 Å². The second-order valence-corrected chi connectivity index (χ2v) is 6.83. The molecule has 0 saturated carbocycles. The molecule has 6 rings (SSSR count). The van der Waals surface area contributed by atoms with Crippen molar-refractivity contribution in [2.75, 3.05) is 6.79 Å². The Morgan fingerprint density at radius 3 is 2.85 bits per heavy atom. The Morgan fingerprint density at radius 1 is 1.04 bits per heavy atom. The molecule has 0 saturated heterocycles. The minimum atomic E-state index is -0.366. The van der Waals surface area contributed by atoms with E-state index >= 15 is 0 Å². The zero-order valence-electron chi connectivity index (χ0n) is 13.9. The highest BCUT2D eigenvalue weighted by molar-refractivity contribution is 7.80. The predicted octanol–water partition coefficient (Wildman–Crippen LogP) is 3.04. The van der Waals surface area contributed by atoms with Crippen LogP contribution in [0.25, 0.3) is 6.08 Å². The van der Waals surface area contributed by atoms with E-state index in [2.05, 4.69) is 5.32 Å². The molecule has 8 heteroatoms. The molecule has 0 spiro atoms. The van der Waals surface area contributed by atoms with Gasteiger partial charge in [-0.25, -0.2) is 4.99 Å². The maximum atomic E-state index is 6.04. The van der Waals surface area contributed by atoms with Gasteiger partial charge in [-0.1, -0.05) is 24.4 Å². The van der Waals surface area contributed by atoms with Crippen LogP contribution in [-0.2, 0) is 11.5 Å². The van der Waals surface area contributed by atoms with Gasteiger partial charge in [0.1, 0.15) is 23.5 Å². The summed E-state index contributed by atoms with van der Waals surface area (Å²) in [5.74, 6) is 3.20. The highest BCUT2D eigenvalue weighted by Gasteiger charge is 2.31. The monoisotopic (exact) mass is 380 g/mol. The van der Waals surface area contributed by atoms with Gasteiger partial charge in [0.2, 0.25) is 12.7 Å². The third-order valence-electron chi connectivity index (χ3n) is 4.77. The fraction of sp³-hybridized carbons (Fsp3) is 0.158. The van der Waals surface area contributed by atoms with Crippen LogP contribution in [0.4, 0.5) is 0 Å². The van der Waals surface area contributed by atoms with Crippen molar-refractivity contribution in [2.24, 2.45) is 4.99 Å². The molecule has 2 aromatic rings. The van der Waals surface area contributed by atoms with Crippen LogP contribution in [0.3, 0.4) is 0 Å². The van der Waals surface area contributed by atoms with Gasteiger partial charge in [-0.2, -0.15) is 4.89 Å².